The first kappa shape index (κ1) is 13.4. The molecular weight excluding hydrogens is 178 g/mol. The maximum Gasteiger partial charge on any atom is 0.303 e. The number of nitrogens with one attached hydrogen (secondary N) is 1. The second-order valence-electron chi connectivity index (χ2n) is 3.97. The van der Waals surface area contributed by atoms with Crippen LogP contribution < -0.4 is 5.32 Å². The lowest BCUT2D eigenvalue weighted by molar-refractivity contribution is -0.137. The Kier molecular flexibility index (Phi) is 8.64. The number of carbonyl (C=O) groups is 1. The van der Waals surface area contributed by atoms with Gasteiger partial charge in [0.2, 0.25) is 0 Å². The van der Waals surface area contributed by atoms with E-state index in [0.717, 1.165) is 13.1 Å². The van der Waals surface area contributed by atoms with Crippen LogP contribution in [0.15, 0.2) is 0 Å². The molecule has 1 unspecified atom stereocenters. The third-order valence-corrected chi connectivity index (χ3v) is 2.22. The molecule has 0 rings (SSSR count). The van der Waals surface area contributed by atoms with Gasteiger partial charge in [-0.2, -0.15) is 0 Å². The van der Waals surface area contributed by atoms with E-state index in [2.05, 4.69) is 12.2 Å². The molecule has 0 aliphatic carbocycles. The normalized spacial score (nSPS) is 12.7. The van der Waals surface area contributed by atoms with Crippen molar-refractivity contribution in [1.82, 2.24) is 5.32 Å². The molecule has 0 aromatic rings. The van der Waals surface area contributed by atoms with Gasteiger partial charge in [-0.05, 0) is 25.4 Å². The third kappa shape index (κ3) is 9.52. The third-order valence-electron chi connectivity index (χ3n) is 2.22. The van der Waals surface area contributed by atoms with Crippen LogP contribution in [0, 0.1) is 5.92 Å². The van der Waals surface area contributed by atoms with Crippen molar-refractivity contribution in [3.8, 4) is 0 Å². The van der Waals surface area contributed by atoms with E-state index in [-0.39, 0.29) is 12.3 Å². The number of carboxylic acids is 1. The van der Waals surface area contributed by atoms with Crippen LogP contribution in [0.5, 0.6) is 0 Å². The van der Waals surface area contributed by atoms with Crippen LogP contribution in [0.2, 0.25) is 0 Å². The van der Waals surface area contributed by atoms with Gasteiger partial charge in [-0.3, -0.25) is 4.79 Å². The second kappa shape index (κ2) is 9.00. The second-order valence-corrected chi connectivity index (χ2v) is 3.97. The number of carboxylic acid groups (broad SMARTS) is 1. The molecule has 1 atom stereocenters. The molecule has 0 heterocycles. The zero-order valence-electron chi connectivity index (χ0n) is 9.38. The fraction of sp³-hybridized carbons (Fsp3) is 0.909. The van der Waals surface area contributed by atoms with E-state index in [1.54, 1.807) is 0 Å². The summed E-state index contributed by atoms with van der Waals surface area (Å²) in [6.45, 7) is 6.00. The molecule has 0 fully saturated rings. The summed E-state index contributed by atoms with van der Waals surface area (Å²) in [6.07, 6.45) is 5.30. The first-order valence-corrected chi connectivity index (χ1v) is 5.59. The lowest BCUT2D eigenvalue weighted by Gasteiger charge is -2.09. The molecule has 0 aromatic carbocycles. The fourth-order valence-electron chi connectivity index (χ4n) is 1.40. The van der Waals surface area contributed by atoms with Crippen molar-refractivity contribution >= 4 is 5.97 Å². The minimum Gasteiger partial charge on any atom is -0.481 e. The van der Waals surface area contributed by atoms with Crippen LogP contribution in [-0.4, -0.2) is 24.2 Å². The van der Waals surface area contributed by atoms with Crippen LogP contribution in [0.4, 0.5) is 0 Å². The highest BCUT2D eigenvalue weighted by Gasteiger charge is 2.05. The average Bonchev–Trinajstić information content (AvgIpc) is 2.10. The molecule has 0 radical (unpaired) electrons. The van der Waals surface area contributed by atoms with Crippen molar-refractivity contribution in [1.29, 1.82) is 0 Å². The van der Waals surface area contributed by atoms with Crippen molar-refractivity contribution in [3.05, 3.63) is 0 Å². The summed E-state index contributed by atoms with van der Waals surface area (Å²) in [4.78, 5) is 10.4. The summed E-state index contributed by atoms with van der Waals surface area (Å²) >= 11 is 0. The van der Waals surface area contributed by atoms with Gasteiger partial charge < -0.3 is 10.4 Å². The van der Waals surface area contributed by atoms with E-state index in [0.29, 0.717) is 0 Å². The largest absolute Gasteiger partial charge is 0.481 e. The van der Waals surface area contributed by atoms with E-state index in [9.17, 15) is 4.79 Å². The fourth-order valence-corrected chi connectivity index (χ4v) is 1.40. The molecule has 2 N–H and O–H groups in total. The Balaban J connectivity index is 3.14. The number of rotatable bonds is 9. The summed E-state index contributed by atoms with van der Waals surface area (Å²) in [6, 6.07) is 0. The smallest absolute Gasteiger partial charge is 0.303 e. The van der Waals surface area contributed by atoms with Crippen LogP contribution in [-0.2, 0) is 4.79 Å². The number of unbranched alkanes of at least 4 members (excludes halogenated alkanes) is 3. The molecule has 0 aromatic heterocycles. The molecule has 84 valence electrons. The van der Waals surface area contributed by atoms with Gasteiger partial charge in [0.05, 0.1) is 0 Å². The molecule has 0 spiro atoms. The van der Waals surface area contributed by atoms with Gasteiger partial charge in [-0.15, -0.1) is 0 Å². The molecule has 3 heteroatoms. The zero-order valence-corrected chi connectivity index (χ0v) is 9.38. The van der Waals surface area contributed by atoms with E-state index in [1.165, 1.54) is 25.7 Å². The van der Waals surface area contributed by atoms with Gasteiger partial charge in [-0.25, -0.2) is 0 Å². The Morgan fingerprint density at radius 2 is 2.07 bits per heavy atom. The summed E-state index contributed by atoms with van der Waals surface area (Å²) in [5.74, 6) is -0.469. The molecule has 0 amide bonds. The van der Waals surface area contributed by atoms with Gasteiger partial charge in [0.1, 0.15) is 0 Å². The minimum atomic E-state index is -0.703. The van der Waals surface area contributed by atoms with E-state index < -0.39 is 5.97 Å². The van der Waals surface area contributed by atoms with Crippen molar-refractivity contribution in [2.24, 2.45) is 5.92 Å². The van der Waals surface area contributed by atoms with Crippen molar-refractivity contribution in [2.45, 2.75) is 46.0 Å². The summed E-state index contributed by atoms with van der Waals surface area (Å²) < 4.78 is 0. The van der Waals surface area contributed by atoms with E-state index >= 15 is 0 Å². The highest BCUT2D eigenvalue weighted by atomic mass is 16.4. The lowest BCUT2D eigenvalue weighted by atomic mass is 10.1. The van der Waals surface area contributed by atoms with Crippen molar-refractivity contribution in [2.75, 3.05) is 13.1 Å². The first-order valence-electron chi connectivity index (χ1n) is 5.59. The van der Waals surface area contributed by atoms with Crippen LogP contribution in [0.3, 0.4) is 0 Å². The minimum absolute atomic E-state index is 0.235. The molecule has 0 aliphatic heterocycles. The van der Waals surface area contributed by atoms with Gasteiger partial charge in [0, 0.05) is 6.42 Å². The average molecular weight is 201 g/mol. The van der Waals surface area contributed by atoms with Gasteiger partial charge in [-0.1, -0.05) is 33.1 Å². The Labute approximate surface area is 86.9 Å². The van der Waals surface area contributed by atoms with Crippen molar-refractivity contribution < 1.29 is 9.90 Å². The maximum absolute atomic E-state index is 10.4. The summed E-state index contributed by atoms with van der Waals surface area (Å²) in [5, 5.41) is 11.8. The molecule has 14 heavy (non-hydrogen) atoms. The Bertz CT molecular complexity index is 148. The molecule has 3 nitrogen and oxygen atoms in total. The van der Waals surface area contributed by atoms with Crippen molar-refractivity contribution in [3.63, 3.8) is 0 Å². The summed E-state index contributed by atoms with van der Waals surface area (Å²) in [5.41, 5.74) is 0. The highest BCUT2D eigenvalue weighted by Crippen LogP contribution is 2.00. The van der Waals surface area contributed by atoms with E-state index in [4.69, 9.17) is 5.11 Å². The first-order chi connectivity index (χ1) is 6.66. The molecule has 0 bridgehead atoms. The Morgan fingerprint density at radius 1 is 1.36 bits per heavy atom. The quantitative estimate of drug-likeness (QED) is 0.563. The van der Waals surface area contributed by atoms with Gasteiger partial charge >= 0.3 is 5.97 Å². The number of aliphatic carboxylic acids is 1. The standard InChI is InChI=1S/C11H23NO2/c1-3-4-5-6-7-12-9-10(2)8-11(13)14/h10,12H,3-9H2,1-2H3,(H,13,14). The lowest BCUT2D eigenvalue weighted by Crippen LogP contribution is -2.23. The zero-order chi connectivity index (χ0) is 10.8. The Morgan fingerprint density at radius 3 is 2.64 bits per heavy atom. The topological polar surface area (TPSA) is 49.3 Å². The number of hydrogen-bond acceptors (Lipinski definition) is 2. The highest BCUT2D eigenvalue weighted by molar-refractivity contribution is 5.66. The van der Waals surface area contributed by atoms with Crippen LogP contribution >= 0.6 is 0 Å². The van der Waals surface area contributed by atoms with Gasteiger partial charge in [0.15, 0.2) is 0 Å². The molecule has 0 saturated carbocycles. The molecule has 0 saturated heterocycles. The molecule has 0 aliphatic rings. The van der Waals surface area contributed by atoms with Gasteiger partial charge in [0.25, 0.3) is 0 Å². The van der Waals surface area contributed by atoms with Crippen LogP contribution in [0.1, 0.15) is 46.0 Å². The molecular formula is C11H23NO2. The van der Waals surface area contributed by atoms with E-state index in [1.807, 2.05) is 6.92 Å². The predicted octanol–water partition coefficient (Wildman–Crippen LogP) is 2.27. The monoisotopic (exact) mass is 201 g/mol. The SMILES string of the molecule is CCCCCCNCC(C)CC(=O)O. The predicted molar refractivity (Wildman–Crippen MR) is 58.4 cm³/mol. The summed E-state index contributed by atoms with van der Waals surface area (Å²) in [7, 11) is 0. The van der Waals surface area contributed by atoms with Crippen LogP contribution in [0.25, 0.3) is 0 Å². The maximum atomic E-state index is 10.4. The number of hydrogen-bond donors (Lipinski definition) is 2. The Hall–Kier alpha value is -0.570.